The van der Waals surface area contributed by atoms with E-state index in [0.717, 1.165) is 5.56 Å². The third-order valence-electron chi connectivity index (χ3n) is 3.80. The van der Waals surface area contributed by atoms with Gasteiger partial charge in [-0.15, -0.1) is 0 Å². The van der Waals surface area contributed by atoms with E-state index in [9.17, 15) is 14.7 Å². The Morgan fingerprint density at radius 2 is 2.00 bits per heavy atom. The number of aliphatic carboxylic acids is 1. The van der Waals surface area contributed by atoms with Crippen molar-refractivity contribution in [3.8, 4) is 5.75 Å². The van der Waals surface area contributed by atoms with Crippen LogP contribution in [0.5, 0.6) is 5.75 Å². The van der Waals surface area contributed by atoms with Crippen LogP contribution in [0.1, 0.15) is 11.5 Å². The molecule has 1 saturated heterocycles. The predicted octanol–water partition coefficient (Wildman–Crippen LogP) is 0.968. The number of para-hydroxylation sites is 1. The van der Waals surface area contributed by atoms with E-state index in [0.29, 0.717) is 12.3 Å². The quantitative estimate of drug-likeness (QED) is 0.875. The van der Waals surface area contributed by atoms with Crippen LogP contribution in [-0.2, 0) is 14.3 Å². The minimum atomic E-state index is -0.904. The maximum absolute atomic E-state index is 11.9. The number of methoxy groups -OCH3 is 2. The van der Waals surface area contributed by atoms with Crippen LogP contribution in [0.2, 0.25) is 0 Å². The third-order valence-corrected chi connectivity index (χ3v) is 3.80. The molecule has 1 aliphatic rings. The normalized spacial score (nSPS) is 21.3. The number of likely N-dealkylation sites (tertiary alicyclic amines) is 1. The molecule has 6 nitrogen and oxygen atoms in total. The fourth-order valence-corrected chi connectivity index (χ4v) is 2.76. The molecule has 1 amide bonds. The molecule has 1 aromatic carbocycles. The molecule has 0 aliphatic carbocycles. The molecule has 1 aromatic rings. The van der Waals surface area contributed by atoms with Crippen molar-refractivity contribution in [3.63, 3.8) is 0 Å². The summed E-state index contributed by atoms with van der Waals surface area (Å²) < 4.78 is 10.1. The average molecular weight is 293 g/mol. The second-order valence-electron chi connectivity index (χ2n) is 5.02. The first kappa shape index (κ1) is 15.3. The summed E-state index contributed by atoms with van der Waals surface area (Å²) in [7, 11) is 3.00. The Kier molecular flexibility index (Phi) is 4.80. The van der Waals surface area contributed by atoms with Crippen molar-refractivity contribution in [2.75, 3.05) is 33.9 Å². The standard InChI is InChI=1S/C15H19NO5/c1-20-9-14(17)16-7-11(12(8-16)15(18)19)10-5-3-4-6-13(10)21-2/h3-6,11-12H,7-9H2,1-2H3,(H,18,19)/t11-,12+/m0/s1. The van der Waals surface area contributed by atoms with E-state index in [-0.39, 0.29) is 25.0 Å². The fourth-order valence-electron chi connectivity index (χ4n) is 2.76. The van der Waals surface area contributed by atoms with Crippen molar-refractivity contribution in [1.29, 1.82) is 0 Å². The van der Waals surface area contributed by atoms with Crippen molar-refractivity contribution in [2.24, 2.45) is 5.92 Å². The summed E-state index contributed by atoms with van der Waals surface area (Å²) in [5.41, 5.74) is 0.820. The number of hydrogen-bond acceptors (Lipinski definition) is 4. The van der Waals surface area contributed by atoms with Gasteiger partial charge in [-0.1, -0.05) is 18.2 Å². The minimum absolute atomic E-state index is 0.0367. The van der Waals surface area contributed by atoms with Crippen LogP contribution in [0.4, 0.5) is 0 Å². The number of hydrogen-bond donors (Lipinski definition) is 1. The van der Waals surface area contributed by atoms with Gasteiger partial charge in [0.2, 0.25) is 5.91 Å². The van der Waals surface area contributed by atoms with Gasteiger partial charge in [0, 0.05) is 26.1 Å². The van der Waals surface area contributed by atoms with Gasteiger partial charge >= 0.3 is 5.97 Å². The van der Waals surface area contributed by atoms with Gasteiger partial charge < -0.3 is 19.5 Å². The second-order valence-corrected chi connectivity index (χ2v) is 5.02. The van der Waals surface area contributed by atoms with Crippen LogP contribution in [0, 0.1) is 5.92 Å². The van der Waals surface area contributed by atoms with Crippen LogP contribution in [0.15, 0.2) is 24.3 Å². The van der Waals surface area contributed by atoms with Gasteiger partial charge in [-0.3, -0.25) is 9.59 Å². The van der Waals surface area contributed by atoms with Crippen LogP contribution in [0.25, 0.3) is 0 Å². The molecule has 1 N–H and O–H groups in total. The summed E-state index contributed by atoms with van der Waals surface area (Å²) >= 11 is 0. The molecule has 1 aliphatic heterocycles. The highest BCUT2D eigenvalue weighted by Crippen LogP contribution is 2.37. The maximum Gasteiger partial charge on any atom is 0.308 e. The first-order valence-corrected chi connectivity index (χ1v) is 6.71. The van der Waals surface area contributed by atoms with Crippen molar-refractivity contribution in [2.45, 2.75) is 5.92 Å². The average Bonchev–Trinajstić information content (AvgIpc) is 2.92. The first-order valence-electron chi connectivity index (χ1n) is 6.71. The molecule has 6 heteroatoms. The van der Waals surface area contributed by atoms with E-state index in [2.05, 4.69) is 0 Å². The van der Waals surface area contributed by atoms with Gasteiger partial charge in [-0.2, -0.15) is 0 Å². The van der Waals surface area contributed by atoms with E-state index >= 15 is 0 Å². The Morgan fingerprint density at radius 1 is 1.29 bits per heavy atom. The van der Waals surface area contributed by atoms with Gasteiger partial charge in [0.25, 0.3) is 0 Å². The zero-order valence-electron chi connectivity index (χ0n) is 12.1. The number of amides is 1. The summed E-state index contributed by atoms with van der Waals surface area (Å²) in [6.45, 7) is 0.519. The lowest BCUT2D eigenvalue weighted by atomic mass is 9.88. The lowest BCUT2D eigenvalue weighted by molar-refractivity contribution is -0.142. The zero-order chi connectivity index (χ0) is 15.4. The third kappa shape index (κ3) is 3.16. The highest BCUT2D eigenvalue weighted by molar-refractivity contribution is 5.80. The summed E-state index contributed by atoms with van der Waals surface area (Å²) in [4.78, 5) is 25.0. The van der Waals surface area contributed by atoms with Crippen molar-refractivity contribution in [3.05, 3.63) is 29.8 Å². The second kappa shape index (κ2) is 6.58. The summed E-state index contributed by atoms with van der Waals surface area (Å²) in [6.07, 6.45) is 0. The molecular weight excluding hydrogens is 274 g/mol. The Labute approximate surface area is 123 Å². The molecule has 0 aromatic heterocycles. The highest BCUT2D eigenvalue weighted by atomic mass is 16.5. The molecule has 1 heterocycles. The van der Waals surface area contributed by atoms with Crippen LogP contribution < -0.4 is 4.74 Å². The van der Waals surface area contributed by atoms with Gasteiger partial charge in [0.05, 0.1) is 13.0 Å². The number of ether oxygens (including phenoxy) is 2. The minimum Gasteiger partial charge on any atom is -0.496 e. The van der Waals surface area contributed by atoms with E-state index in [1.807, 2.05) is 18.2 Å². The van der Waals surface area contributed by atoms with Crippen LogP contribution in [-0.4, -0.2) is 55.8 Å². The topological polar surface area (TPSA) is 76.1 Å². The van der Waals surface area contributed by atoms with Crippen LogP contribution in [0.3, 0.4) is 0 Å². The largest absolute Gasteiger partial charge is 0.496 e. The van der Waals surface area contributed by atoms with E-state index in [4.69, 9.17) is 9.47 Å². The molecule has 1 fully saturated rings. The van der Waals surface area contributed by atoms with Gasteiger partial charge in [-0.25, -0.2) is 0 Å². The molecule has 0 unspecified atom stereocenters. The van der Waals surface area contributed by atoms with Gasteiger partial charge in [0.1, 0.15) is 12.4 Å². The van der Waals surface area contributed by atoms with Gasteiger partial charge in [0.15, 0.2) is 0 Å². The smallest absolute Gasteiger partial charge is 0.308 e. The fraction of sp³-hybridized carbons (Fsp3) is 0.467. The lowest BCUT2D eigenvalue weighted by Crippen LogP contribution is -2.32. The van der Waals surface area contributed by atoms with E-state index in [1.165, 1.54) is 7.11 Å². The molecule has 0 spiro atoms. The number of carbonyl (C=O) groups excluding carboxylic acids is 1. The molecule has 0 radical (unpaired) electrons. The monoisotopic (exact) mass is 293 g/mol. The number of nitrogens with zero attached hydrogens (tertiary/aromatic N) is 1. The molecule has 2 atom stereocenters. The van der Waals surface area contributed by atoms with E-state index < -0.39 is 11.9 Å². The molecule has 114 valence electrons. The van der Waals surface area contributed by atoms with Crippen molar-refractivity contribution < 1.29 is 24.2 Å². The Hall–Kier alpha value is -2.08. The van der Waals surface area contributed by atoms with Crippen molar-refractivity contribution in [1.82, 2.24) is 4.90 Å². The Balaban J connectivity index is 2.28. The van der Waals surface area contributed by atoms with E-state index in [1.54, 1.807) is 18.1 Å². The SMILES string of the molecule is COCC(=O)N1C[C@@H](C(=O)O)[C@H](c2ccccc2OC)C1. The molecule has 2 rings (SSSR count). The summed E-state index contributed by atoms with van der Waals surface area (Å²) in [6, 6.07) is 7.33. The zero-order valence-corrected chi connectivity index (χ0v) is 12.1. The number of carbonyl (C=O) groups is 2. The lowest BCUT2D eigenvalue weighted by Gasteiger charge is -2.18. The van der Waals surface area contributed by atoms with Crippen LogP contribution >= 0.6 is 0 Å². The molecule has 0 bridgehead atoms. The van der Waals surface area contributed by atoms with Gasteiger partial charge in [-0.05, 0) is 11.6 Å². The van der Waals surface area contributed by atoms with Crippen molar-refractivity contribution >= 4 is 11.9 Å². The Bertz CT molecular complexity index is 531. The molecular formula is C15H19NO5. The number of carboxylic acid groups (broad SMARTS) is 1. The predicted molar refractivity (Wildman–Crippen MR) is 75.3 cm³/mol. The molecule has 0 saturated carbocycles. The summed E-state index contributed by atoms with van der Waals surface area (Å²) in [5, 5.41) is 9.43. The maximum atomic E-state index is 11.9. The first-order chi connectivity index (χ1) is 10.1. The number of rotatable bonds is 5. The Morgan fingerprint density at radius 3 is 2.62 bits per heavy atom. The highest BCUT2D eigenvalue weighted by Gasteiger charge is 2.41. The number of carboxylic acids is 1. The number of benzene rings is 1. The summed E-state index contributed by atoms with van der Waals surface area (Å²) in [5.74, 6) is -1.36. The molecule has 21 heavy (non-hydrogen) atoms.